The molecule has 0 aliphatic rings. The van der Waals surface area contributed by atoms with E-state index in [1.165, 1.54) is 16.7 Å². The van der Waals surface area contributed by atoms with Gasteiger partial charge in [0.15, 0.2) is 10.5 Å². The zero-order valence-corrected chi connectivity index (χ0v) is 24.4. The number of nitrogens with zero attached hydrogens (tertiary/aromatic N) is 2. The van der Waals surface area contributed by atoms with Gasteiger partial charge < -0.3 is 14.3 Å². The maximum Gasteiger partial charge on any atom is 0.260 e. The van der Waals surface area contributed by atoms with Gasteiger partial charge in [0.05, 0.1) is 17.1 Å². The van der Waals surface area contributed by atoms with Crippen LogP contribution in [-0.4, -0.2) is 23.5 Å². The van der Waals surface area contributed by atoms with Crippen molar-refractivity contribution in [2.75, 3.05) is 5.32 Å². The minimum atomic E-state index is -4.02. The smallest absolute Gasteiger partial charge is 0.260 e. The number of sulfonamides is 1. The highest BCUT2D eigenvalue weighted by Gasteiger charge is 2.28. The van der Waals surface area contributed by atoms with E-state index in [9.17, 15) is 18.0 Å². The summed E-state index contributed by atoms with van der Waals surface area (Å²) < 4.78 is 36.7. The largest absolute Gasteiger partial charge is 0.455 e. The Morgan fingerprint density at radius 1 is 1.08 bits per heavy atom. The Morgan fingerprint density at radius 2 is 1.77 bits per heavy atom. The van der Waals surface area contributed by atoms with Crippen molar-refractivity contribution in [1.29, 1.82) is 0 Å². The number of halogens is 1. The first kappa shape index (κ1) is 28.5. The van der Waals surface area contributed by atoms with Crippen LogP contribution in [0.4, 0.5) is 5.69 Å². The van der Waals surface area contributed by atoms with Crippen molar-refractivity contribution >= 4 is 38.3 Å². The van der Waals surface area contributed by atoms with Crippen molar-refractivity contribution in [1.82, 2.24) is 14.3 Å². The highest BCUT2D eigenvalue weighted by molar-refractivity contribution is 7.89. The van der Waals surface area contributed by atoms with E-state index in [2.05, 4.69) is 15.0 Å². The molecule has 2 N–H and O–H groups in total. The minimum Gasteiger partial charge on any atom is -0.455 e. The molecule has 3 aromatic heterocycles. The van der Waals surface area contributed by atoms with Crippen LogP contribution in [0.5, 0.6) is 0 Å². The molecule has 0 unspecified atom stereocenters. The van der Waals surface area contributed by atoms with Crippen LogP contribution >= 0.6 is 11.6 Å². The molecule has 1 atom stereocenters. The lowest BCUT2D eigenvalue weighted by Crippen LogP contribution is -2.41. The summed E-state index contributed by atoms with van der Waals surface area (Å²) in [7, 11) is -2.38. The van der Waals surface area contributed by atoms with Crippen LogP contribution in [0.1, 0.15) is 50.4 Å². The van der Waals surface area contributed by atoms with E-state index >= 15 is 0 Å². The Hall–Kier alpha value is -3.47. The highest BCUT2D eigenvalue weighted by atomic mass is 35.5. The molecule has 0 radical (unpaired) electrons. The van der Waals surface area contributed by atoms with Crippen LogP contribution in [0, 0.1) is 13.8 Å². The molecule has 0 aliphatic carbocycles. The summed E-state index contributed by atoms with van der Waals surface area (Å²) in [6.07, 6.45) is 1.62. The van der Waals surface area contributed by atoms with Crippen LogP contribution < -0.4 is 21.0 Å². The van der Waals surface area contributed by atoms with E-state index < -0.39 is 21.6 Å². The molecule has 39 heavy (non-hydrogen) atoms. The van der Waals surface area contributed by atoms with Crippen LogP contribution in [-0.2, 0) is 17.1 Å². The molecule has 0 spiro atoms. The third kappa shape index (κ3) is 6.08. The Morgan fingerprint density at radius 3 is 2.41 bits per heavy atom. The summed E-state index contributed by atoms with van der Waals surface area (Å²) in [5.41, 5.74) is 2.07. The van der Waals surface area contributed by atoms with Gasteiger partial charge >= 0.3 is 0 Å². The number of rotatable bonds is 6. The van der Waals surface area contributed by atoms with Crippen LogP contribution in [0.3, 0.4) is 0 Å². The standard InChI is InChI=1S/C28H31ClN4O5S/c1-15-10-19(17(3)30-21-8-9-24(29)31-26(21)39(36,37)32-28(4,5)6)25-20(11-15)22(34)13-23(38-25)18-12-16(2)27(35)33(7)14-18/h8-14,17,30,32H,1-7H3/t17-/m1/s1. The fourth-order valence-electron chi connectivity index (χ4n) is 4.41. The number of nitrogens with one attached hydrogen (secondary N) is 2. The van der Waals surface area contributed by atoms with Gasteiger partial charge in [0.2, 0.25) is 0 Å². The molecule has 0 amide bonds. The Kier molecular flexibility index (Phi) is 7.50. The van der Waals surface area contributed by atoms with Crippen molar-refractivity contribution < 1.29 is 12.8 Å². The Bertz CT molecular complexity index is 1790. The quantitative estimate of drug-likeness (QED) is 0.310. The van der Waals surface area contributed by atoms with Gasteiger partial charge in [0, 0.05) is 41.5 Å². The zero-order chi connectivity index (χ0) is 28.9. The molecule has 206 valence electrons. The van der Waals surface area contributed by atoms with Crippen LogP contribution in [0.25, 0.3) is 22.3 Å². The van der Waals surface area contributed by atoms with Gasteiger partial charge in [-0.3, -0.25) is 9.59 Å². The van der Waals surface area contributed by atoms with Crippen molar-refractivity contribution in [2.24, 2.45) is 7.05 Å². The zero-order valence-electron chi connectivity index (χ0n) is 22.8. The number of fused-ring (bicyclic) bond motifs is 1. The van der Waals surface area contributed by atoms with Gasteiger partial charge in [-0.2, -0.15) is 0 Å². The predicted molar refractivity (Wildman–Crippen MR) is 154 cm³/mol. The summed E-state index contributed by atoms with van der Waals surface area (Å²) in [6, 6.07) is 9.27. The number of aromatic nitrogens is 2. The van der Waals surface area contributed by atoms with Gasteiger partial charge in [0.25, 0.3) is 15.6 Å². The lowest BCUT2D eigenvalue weighted by atomic mass is 10.0. The third-order valence-corrected chi connectivity index (χ3v) is 7.92. The first-order chi connectivity index (χ1) is 18.1. The van der Waals surface area contributed by atoms with Gasteiger partial charge in [-0.1, -0.05) is 17.7 Å². The Balaban J connectivity index is 1.85. The molecule has 0 fully saturated rings. The van der Waals surface area contributed by atoms with Gasteiger partial charge in [-0.05, 0) is 71.4 Å². The average Bonchev–Trinajstić information content (AvgIpc) is 2.81. The predicted octanol–water partition coefficient (Wildman–Crippen LogP) is 5.07. The van der Waals surface area contributed by atoms with E-state index in [0.29, 0.717) is 33.4 Å². The van der Waals surface area contributed by atoms with Gasteiger partial charge in [0.1, 0.15) is 16.5 Å². The molecule has 0 saturated carbocycles. The van der Waals surface area contributed by atoms with E-state index in [1.807, 2.05) is 19.9 Å². The van der Waals surface area contributed by atoms with E-state index in [0.717, 1.165) is 5.56 Å². The molecule has 9 nitrogen and oxygen atoms in total. The van der Waals surface area contributed by atoms with E-state index in [1.54, 1.807) is 59.1 Å². The van der Waals surface area contributed by atoms with Crippen LogP contribution in [0.2, 0.25) is 5.15 Å². The monoisotopic (exact) mass is 570 g/mol. The van der Waals surface area contributed by atoms with Crippen molar-refractivity contribution in [2.45, 2.75) is 58.1 Å². The molecule has 11 heteroatoms. The summed E-state index contributed by atoms with van der Waals surface area (Å²) >= 11 is 6.07. The van der Waals surface area contributed by atoms with Crippen LogP contribution in [0.15, 0.2) is 61.6 Å². The summed E-state index contributed by atoms with van der Waals surface area (Å²) in [5, 5.41) is 3.41. The number of anilines is 1. The highest BCUT2D eigenvalue weighted by Crippen LogP contribution is 2.32. The van der Waals surface area contributed by atoms with Crippen molar-refractivity contribution in [3.63, 3.8) is 0 Å². The SMILES string of the molecule is Cc1cc([C@@H](C)Nc2ccc(Cl)nc2S(=O)(=O)NC(C)(C)C)c2oc(-c3cc(C)c(=O)n(C)c3)cc(=O)c2c1. The average molecular weight is 571 g/mol. The first-order valence-electron chi connectivity index (χ1n) is 12.3. The molecule has 1 aromatic carbocycles. The topological polar surface area (TPSA) is 123 Å². The molecule has 3 heterocycles. The second-order valence-corrected chi connectivity index (χ2v) is 12.7. The molecular formula is C28H31ClN4O5S. The lowest BCUT2D eigenvalue weighted by molar-refractivity contribution is 0.490. The normalized spacial score (nSPS) is 13.0. The summed E-state index contributed by atoms with van der Waals surface area (Å²) in [4.78, 5) is 29.5. The fourth-order valence-corrected chi connectivity index (χ4v) is 6.14. The molecule has 4 aromatic rings. The maximum atomic E-state index is 13.2. The molecule has 0 bridgehead atoms. The lowest BCUT2D eigenvalue weighted by Gasteiger charge is -2.23. The second-order valence-electron chi connectivity index (χ2n) is 10.7. The second kappa shape index (κ2) is 10.3. The Labute approximate surface area is 231 Å². The maximum absolute atomic E-state index is 13.2. The number of hydrogen-bond acceptors (Lipinski definition) is 7. The van der Waals surface area contributed by atoms with Gasteiger partial charge in [-0.25, -0.2) is 18.1 Å². The number of benzene rings is 1. The number of aryl methyl sites for hydroxylation is 3. The first-order valence-corrected chi connectivity index (χ1v) is 14.1. The number of pyridine rings is 2. The molecule has 4 rings (SSSR count). The van der Waals surface area contributed by atoms with Crippen molar-refractivity contribution in [3.8, 4) is 11.3 Å². The number of hydrogen-bond donors (Lipinski definition) is 2. The summed E-state index contributed by atoms with van der Waals surface area (Å²) in [6.45, 7) is 10.6. The molecule has 0 saturated heterocycles. The van der Waals surface area contributed by atoms with E-state index in [4.69, 9.17) is 16.0 Å². The molecule has 0 aliphatic heterocycles. The minimum absolute atomic E-state index is 0.0340. The summed E-state index contributed by atoms with van der Waals surface area (Å²) in [5.74, 6) is 0.314. The molecular weight excluding hydrogens is 540 g/mol. The van der Waals surface area contributed by atoms with Gasteiger partial charge in [-0.15, -0.1) is 0 Å². The third-order valence-electron chi connectivity index (χ3n) is 6.01. The van der Waals surface area contributed by atoms with Crippen molar-refractivity contribution in [3.05, 3.63) is 85.0 Å². The fraction of sp³-hybridized carbons (Fsp3) is 0.321. The van der Waals surface area contributed by atoms with E-state index in [-0.39, 0.29) is 26.9 Å².